The first-order valence-electron chi connectivity index (χ1n) is 8.31. The molecule has 0 aliphatic carbocycles. The fraction of sp³-hybridized carbons (Fsp3) is 0.278. The van der Waals surface area contributed by atoms with Crippen LogP contribution >= 0.6 is 0 Å². The van der Waals surface area contributed by atoms with E-state index in [4.69, 9.17) is 4.52 Å². The van der Waals surface area contributed by atoms with Gasteiger partial charge in [0.1, 0.15) is 5.82 Å². The molecule has 3 heterocycles. The van der Waals surface area contributed by atoms with E-state index in [0.717, 1.165) is 5.56 Å². The molecule has 0 spiro atoms. The second-order valence-corrected chi connectivity index (χ2v) is 6.03. The average Bonchev–Trinajstić information content (AvgIpc) is 3.15. The van der Waals surface area contributed by atoms with Crippen LogP contribution in [0.1, 0.15) is 47.4 Å². The SMILES string of the molecule is CC(C)c1nc(CNC(=O)c2ccc(NCc3cccnc3)nc2)no1. The fourth-order valence-electron chi connectivity index (χ4n) is 2.16. The van der Waals surface area contributed by atoms with Gasteiger partial charge in [0.25, 0.3) is 5.91 Å². The quantitative estimate of drug-likeness (QED) is 0.673. The maximum Gasteiger partial charge on any atom is 0.253 e. The molecular formula is C18H20N6O2. The van der Waals surface area contributed by atoms with Crippen molar-refractivity contribution < 1.29 is 9.32 Å². The van der Waals surface area contributed by atoms with Crippen molar-refractivity contribution in [1.29, 1.82) is 0 Å². The Balaban J connectivity index is 1.51. The van der Waals surface area contributed by atoms with Crippen molar-refractivity contribution in [2.45, 2.75) is 32.9 Å². The van der Waals surface area contributed by atoms with Crippen molar-refractivity contribution in [3.8, 4) is 0 Å². The van der Waals surface area contributed by atoms with E-state index in [1.807, 2.05) is 26.0 Å². The van der Waals surface area contributed by atoms with E-state index in [-0.39, 0.29) is 18.4 Å². The molecule has 3 rings (SSSR count). The lowest BCUT2D eigenvalue weighted by Gasteiger charge is -2.06. The van der Waals surface area contributed by atoms with Gasteiger partial charge < -0.3 is 15.2 Å². The maximum atomic E-state index is 12.2. The van der Waals surface area contributed by atoms with Crippen molar-refractivity contribution in [1.82, 2.24) is 25.4 Å². The summed E-state index contributed by atoms with van der Waals surface area (Å²) in [6.45, 7) is 4.75. The highest BCUT2D eigenvalue weighted by Crippen LogP contribution is 2.11. The van der Waals surface area contributed by atoms with Crippen LogP contribution in [0, 0.1) is 0 Å². The summed E-state index contributed by atoms with van der Waals surface area (Å²) in [5, 5.41) is 9.77. The summed E-state index contributed by atoms with van der Waals surface area (Å²) in [6, 6.07) is 7.33. The lowest BCUT2D eigenvalue weighted by Crippen LogP contribution is -2.23. The standard InChI is InChI=1S/C18H20N6O2/c1-12(2)18-23-16(24-26-18)11-22-17(25)14-5-6-15(21-10-14)20-9-13-4-3-7-19-8-13/h3-8,10,12H,9,11H2,1-2H3,(H,20,21)(H,22,25). The third-order valence-electron chi connectivity index (χ3n) is 3.61. The summed E-state index contributed by atoms with van der Waals surface area (Å²) in [5.74, 6) is 1.60. The summed E-state index contributed by atoms with van der Waals surface area (Å²) < 4.78 is 5.11. The van der Waals surface area contributed by atoms with Gasteiger partial charge in [0.15, 0.2) is 5.82 Å². The van der Waals surface area contributed by atoms with Gasteiger partial charge in [0, 0.05) is 31.1 Å². The minimum absolute atomic E-state index is 0.155. The third kappa shape index (κ3) is 4.62. The lowest BCUT2D eigenvalue weighted by molar-refractivity contribution is 0.0949. The number of nitrogens with zero attached hydrogens (tertiary/aromatic N) is 4. The van der Waals surface area contributed by atoms with Gasteiger partial charge in [-0.1, -0.05) is 25.1 Å². The number of anilines is 1. The predicted octanol–water partition coefficient (Wildman–Crippen LogP) is 2.53. The van der Waals surface area contributed by atoms with Gasteiger partial charge >= 0.3 is 0 Å². The molecule has 134 valence electrons. The van der Waals surface area contributed by atoms with Crippen LogP contribution in [0.2, 0.25) is 0 Å². The second-order valence-electron chi connectivity index (χ2n) is 6.03. The average molecular weight is 352 g/mol. The zero-order chi connectivity index (χ0) is 18.4. The van der Waals surface area contributed by atoms with Crippen molar-refractivity contribution in [3.05, 3.63) is 65.7 Å². The number of carbonyl (C=O) groups excluding carboxylic acids is 1. The number of hydrogen-bond donors (Lipinski definition) is 2. The Kier molecular flexibility index (Phi) is 5.52. The Morgan fingerprint density at radius 2 is 2.08 bits per heavy atom. The number of rotatable bonds is 7. The van der Waals surface area contributed by atoms with Gasteiger partial charge in [-0.3, -0.25) is 9.78 Å². The highest BCUT2D eigenvalue weighted by molar-refractivity contribution is 5.93. The molecule has 0 bridgehead atoms. The number of hydrogen-bond acceptors (Lipinski definition) is 7. The molecule has 0 saturated carbocycles. The summed E-state index contributed by atoms with van der Waals surface area (Å²) in [5.41, 5.74) is 1.52. The normalized spacial score (nSPS) is 10.7. The molecule has 0 unspecified atom stereocenters. The van der Waals surface area contributed by atoms with Crippen LogP contribution in [0.15, 0.2) is 47.4 Å². The van der Waals surface area contributed by atoms with Crippen LogP contribution in [0.3, 0.4) is 0 Å². The van der Waals surface area contributed by atoms with Crippen LogP contribution in [-0.4, -0.2) is 26.0 Å². The molecule has 26 heavy (non-hydrogen) atoms. The van der Waals surface area contributed by atoms with Crippen LogP contribution < -0.4 is 10.6 Å². The second kappa shape index (κ2) is 8.19. The summed E-state index contributed by atoms with van der Waals surface area (Å²) in [6.07, 6.45) is 5.04. The van der Waals surface area contributed by atoms with Gasteiger partial charge in [-0.05, 0) is 23.8 Å². The van der Waals surface area contributed by atoms with Crippen LogP contribution in [0.4, 0.5) is 5.82 Å². The molecule has 1 amide bonds. The van der Waals surface area contributed by atoms with Crippen LogP contribution in [0.25, 0.3) is 0 Å². The first-order valence-corrected chi connectivity index (χ1v) is 8.31. The molecular weight excluding hydrogens is 332 g/mol. The molecule has 0 saturated heterocycles. The maximum absolute atomic E-state index is 12.2. The monoisotopic (exact) mass is 352 g/mol. The van der Waals surface area contributed by atoms with Gasteiger partial charge in [-0.25, -0.2) is 4.98 Å². The van der Waals surface area contributed by atoms with E-state index in [9.17, 15) is 4.79 Å². The number of nitrogens with one attached hydrogen (secondary N) is 2. The third-order valence-corrected chi connectivity index (χ3v) is 3.61. The van der Waals surface area contributed by atoms with Crippen LogP contribution in [0.5, 0.6) is 0 Å². The number of amides is 1. The summed E-state index contributed by atoms with van der Waals surface area (Å²) in [4.78, 5) is 24.7. The highest BCUT2D eigenvalue weighted by atomic mass is 16.5. The highest BCUT2D eigenvalue weighted by Gasteiger charge is 2.12. The van der Waals surface area contributed by atoms with Gasteiger partial charge in [0.05, 0.1) is 12.1 Å². The van der Waals surface area contributed by atoms with Crippen molar-refractivity contribution in [2.75, 3.05) is 5.32 Å². The Labute approximate surface area is 151 Å². The number of aromatic nitrogens is 4. The Morgan fingerprint density at radius 3 is 2.73 bits per heavy atom. The Bertz CT molecular complexity index is 846. The van der Waals surface area contributed by atoms with Crippen molar-refractivity contribution in [2.24, 2.45) is 0 Å². The first-order chi connectivity index (χ1) is 12.6. The Hall–Kier alpha value is -3.29. The van der Waals surface area contributed by atoms with Crippen LogP contribution in [-0.2, 0) is 13.1 Å². The zero-order valence-electron chi connectivity index (χ0n) is 14.6. The van der Waals surface area contributed by atoms with E-state index < -0.39 is 0 Å². The Morgan fingerprint density at radius 1 is 1.19 bits per heavy atom. The molecule has 0 fully saturated rings. The van der Waals surface area contributed by atoms with Crippen molar-refractivity contribution >= 4 is 11.7 Å². The minimum Gasteiger partial charge on any atom is -0.366 e. The predicted molar refractivity (Wildman–Crippen MR) is 95.4 cm³/mol. The fourth-order valence-corrected chi connectivity index (χ4v) is 2.16. The molecule has 0 aliphatic rings. The molecule has 0 aromatic carbocycles. The molecule has 2 N–H and O–H groups in total. The van der Waals surface area contributed by atoms with Gasteiger partial charge in [-0.2, -0.15) is 4.98 Å². The molecule has 0 atom stereocenters. The minimum atomic E-state index is -0.243. The largest absolute Gasteiger partial charge is 0.366 e. The molecule has 8 nitrogen and oxygen atoms in total. The summed E-state index contributed by atoms with van der Waals surface area (Å²) in [7, 11) is 0. The van der Waals surface area contributed by atoms with Gasteiger partial charge in [0.2, 0.25) is 5.89 Å². The van der Waals surface area contributed by atoms with E-state index in [2.05, 4.69) is 30.7 Å². The zero-order valence-corrected chi connectivity index (χ0v) is 14.6. The van der Waals surface area contributed by atoms with E-state index in [1.54, 1.807) is 24.5 Å². The smallest absolute Gasteiger partial charge is 0.253 e. The molecule has 8 heteroatoms. The topological polar surface area (TPSA) is 106 Å². The van der Waals surface area contributed by atoms with Gasteiger partial charge in [-0.15, -0.1) is 0 Å². The van der Waals surface area contributed by atoms with E-state index in [0.29, 0.717) is 29.6 Å². The molecule has 3 aromatic heterocycles. The number of pyridine rings is 2. The lowest BCUT2D eigenvalue weighted by atomic mass is 10.2. The summed E-state index contributed by atoms with van der Waals surface area (Å²) >= 11 is 0. The first kappa shape index (κ1) is 17.5. The van der Waals surface area contributed by atoms with E-state index in [1.165, 1.54) is 6.20 Å². The molecule has 0 aliphatic heterocycles. The molecule has 3 aromatic rings. The molecule has 0 radical (unpaired) electrons. The van der Waals surface area contributed by atoms with E-state index >= 15 is 0 Å². The number of carbonyl (C=O) groups is 1. The van der Waals surface area contributed by atoms with Crippen molar-refractivity contribution in [3.63, 3.8) is 0 Å².